The van der Waals surface area contributed by atoms with Crippen LogP contribution in [0.5, 0.6) is 0 Å². The van der Waals surface area contributed by atoms with Crippen LogP contribution in [-0.4, -0.2) is 29.9 Å². The van der Waals surface area contributed by atoms with Crippen LogP contribution in [0.1, 0.15) is 22.5 Å². The highest BCUT2D eigenvalue weighted by Crippen LogP contribution is 2.21. The average molecular weight is 210 g/mol. The lowest BCUT2D eigenvalue weighted by Crippen LogP contribution is -2.39. The topological polar surface area (TPSA) is 46.3 Å². The summed E-state index contributed by atoms with van der Waals surface area (Å²) in [7, 11) is 0. The molecule has 1 aliphatic heterocycles. The van der Waals surface area contributed by atoms with Crippen molar-refractivity contribution in [3.05, 3.63) is 22.4 Å². The Morgan fingerprint density at radius 3 is 3.21 bits per heavy atom. The van der Waals surface area contributed by atoms with Crippen molar-refractivity contribution >= 4 is 17.2 Å². The standard InChI is InChI=1S/C10H14N2OS/c11-7-8-3-1-5-12(8)10(13)9-4-2-6-14-9/h2,4,6,8H,1,3,5,7,11H2. The molecular weight excluding hydrogens is 196 g/mol. The van der Waals surface area contributed by atoms with Gasteiger partial charge in [-0.15, -0.1) is 11.3 Å². The second-order valence-electron chi connectivity index (χ2n) is 3.51. The first-order chi connectivity index (χ1) is 6.83. The molecule has 1 aromatic rings. The molecule has 76 valence electrons. The van der Waals surface area contributed by atoms with Crippen LogP contribution in [0.4, 0.5) is 0 Å². The van der Waals surface area contributed by atoms with Gasteiger partial charge in [0.1, 0.15) is 0 Å². The SMILES string of the molecule is NCC1CCCN1C(=O)c1cccs1. The Labute approximate surface area is 87.5 Å². The summed E-state index contributed by atoms with van der Waals surface area (Å²) < 4.78 is 0. The number of rotatable bonds is 2. The molecule has 0 bridgehead atoms. The van der Waals surface area contributed by atoms with E-state index < -0.39 is 0 Å². The van der Waals surface area contributed by atoms with Crippen molar-refractivity contribution < 1.29 is 4.79 Å². The molecule has 1 saturated heterocycles. The maximum Gasteiger partial charge on any atom is 0.264 e. The number of nitrogens with two attached hydrogens (primary N) is 1. The zero-order valence-electron chi connectivity index (χ0n) is 7.98. The lowest BCUT2D eigenvalue weighted by atomic mass is 10.2. The molecule has 0 saturated carbocycles. The van der Waals surface area contributed by atoms with Crippen LogP contribution < -0.4 is 5.73 Å². The number of amides is 1. The number of thiophene rings is 1. The zero-order chi connectivity index (χ0) is 9.97. The van der Waals surface area contributed by atoms with Crippen LogP contribution in [0.25, 0.3) is 0 Å². The van der Waals surface area contributed by atoms with Crippen molar-refractivity contribution in [2.75, 3.05) is 13.1 Å². The minimum atomic E-state index is 0.146. The third-order valence-corrected chi connectivity index (χ3v) is 3.50. The smallest absolute Gasteiger partial charge is 0.264 e. The van der Waals surface area contributed by atoms with E-state index in [1.807, 2.05) is 22.4 Å². The molecule has 2 N–H and O–H groups in total. The highest BCUT2D eigenvalue weighted by molar-refractivity contribution is 7.12. The molecule has 4 heteroatoms. The van der Waals surface area contributed by atoms with E-state index >= 15 is 0 Å². The maximum atomic E-state index is 12.0. The Kier molecular flexibility index (Phi) is 2.84. The van der Waals surface area contributed by atoms with E-state index in [1.165, 1.54) is 11.3 Å². The highest BCUT2D eigenvalue weighted by Gasteiger charge is 2.28. The molecule has 14 heavy (non-hydrogen) atoms. The molecule has 1 aliphatic rings. The molecule has 0 radical (unpaired) electrons. The van der Waals surface area contributed by atoms with Gasteiger partial charge in [0.05, 0.1) is 4.88 Å². The van der Waals surface area contributed by atoms with Crippen LogP contribution >= 0.6 is 11.3 Å². The summed E-state index contributed by atoms with van der Waals surface area (Å²) in [5.41, 5.74) is 5.62. The minimum Gasteiger partial charge on any atom is -0.334 e. The molecule has 0 aliphatic carbocycles. The Morgan fingerprint density at radius 2 is 2.57 bits per heavy atom. The number of hydrogen-bond donors (Lipinski definition) is 1. The monoisotopic (exact) mass is 210 g/mol. The summed E-state index contributed by atoms with van der Waals surface area (Å²) in [6.45, 7) is 1.44. The van der Waals surface area contributed by atoms with E-state index in [-0.39, 0.29) is 11.9 Å². The van der Waals surface area contributed by atoms with Gasteiger partial charge in [0.2, 0.25) is 0 Å². The second-order valence-corrected chi connectivity index (χ2v) is 4.46. The largest absolute Gasteiger partial charge is 0.334 e. The molecule has 2 rings (SSSR count). The average Bonchev–Trinajstić information content (AvgIpc) is 2.87. The molecule has 2 heterocycles. The summed E-state index contributed by atoms with van der Waals surface area (Å²) in [4.78, 5) is 14.7. The number of nitrogens with zero attached hydrogens (tertiary/aromatic N) is 1. The zero-order valence-corrected chi connectivity index (χ0v) is 8.80. The Balaban J connectivity index is 2.11. The van der Waals surface area contributed by atoms with Gasteiger partial charge in [-0.1, -0.05) is 6.07 Å². The van der Waals surface area contributed by atoms with Crippen LogP contribution in [0, 0.1) is 0 Å². The predicted molar refractivity (Wildman–Crippen MR) is 57.4 cm³/mol. The molecule has 1 unspecified atom stereocenters. The van der Waals surface area contributed by atoms with E-state index in [0.717, 1.165) is 24.3 Å². The molecule has 1 atom stereocenters. The van der Waals surface area contributed by atoms with E-state index in [1.54, 1.807) is 0 Å². The third-order valence-electron chi connectivity index (χ3n) is 2.64. The van der Waals surface area contributed by atoms with Crippen molar-refractivity contribution in [2.24, 2.45) is 5.73 Å². The maximum absolute atomic E-state index is 12.0. The summed E-state index contributed by atoms with van der Waals surface area (Å²) in [5, 5.41) is 1.93. The van der Waals surface area contributed by atoms with Crippen molar-refractivity contribution in [1.82, 2.24) is 4.90 Å². The predicted octanol–water partition coefficient (Wildman–Crippen LogP) is 1.31. The Hall–Kier alpha value is -0.870. The van der Waals surface area contributed by atoms with Gasteiger partial charge in [0.15, 0.2) is 0 Å². The molecule has 1 aromatic heterocycles. The van der Waals surface area contributed by atoms with Gasteiger partial charge in [-0.2, -0.15) is 0 Å². The number of likely N-dealkylation sites (tertiary alicyclic amines) is 1. The van der Waals surface area contributed by atoms with Gasteiger partial charge in [-0.3, -0.25) is 4.79 Å². The van der Waals surface area contributed by atoms with E-state index in [0.29, 0.717) is 6.54 Å². The first kappa shape index (κ1) is 9.68. The van der Waals surface area contributed by atoms with Crippen molar-refractivity contribution in [1.29, 1.82) is 0 Å². The van der Waals surface area contributed by atoms with Gasteiger partial charge in [0.25, 0.3) is 5.91 Å². The van der Waals surface area contributed by atoms with Gasteiger partial charge >= 0.3 is 0 Å². The fourth-order valence-electron chi connectivity index (χ4n) is 1.89. The third kappa shape index (κ3) is 1.67. The number of carbonyl (C=O) groups excluding carboxylic acids is 1. The summed E-state index contributed by atoms with van der Waals surface area (Å²) in [5.74, 6) is 0.146. The fraction of sp³-hybridized carbons (Fsp3) is 0.500. The van der Waals surface area contributed by atoms with Crippen molar-refractivity contribution in [2.45, 2.75) is 18.9 Å². The Bertz CT molecular complexity index is 310. The van der Waals surface area contributed by atoms with Crippen LogP contribution in [0.15, 0.2) is 17.5 Å². The van der Waals surface area contributed by atoms with E-state index in [4.69, 9.17) is 5.73 Å². The van der Waals surface area contributed by atoms with Crippen LogP contribution in [0.2, 0.25) is 0 Å². The minimum absolute atomic E-state index is 0.146. The molecular formula is C10H14N2OS. The van der Waals surface area contributed by atoms with Crippen molar-refractivity contribution in [3.63, 3.8) is 0 Å². The quantitative estimate of drug-likeness (QED) is 0.800. The van der Waals surface area contributed by atoms with E-state index in [2.05, 4.69) is 0 Å². The summed E-state index contributed by atoms with van der Waals surface area (Å²) in [6, 6.07) is 4.04. The lowest BCUT2D eigenvalue weighted by Gasteiger charge is -2.22. The second kappa shape index (κ2) is 4.11. The normalized spacial score (nSPS) is 21.5. The lowest BCUT2D eigenvalue weighted by molar-refractivity contribution is 0.0746. The molecule has 1 fully saturated rings. The molecule has 0 spiro atoms. The number of hydrogen-bond acceptors (Lipinski definition) is 3. The Morgan fingerprint density at radius 1 is 1.71 bits per heavy atom. The van der Waals surface area contributed by atoms with E-state index in [9.17, 15) is 4.79 Å². The van der Waals surface area contributed by atoms with Crippen LogP contribution in [0.3, 0.4) is 0 Å². The highest BCUT2D eigenvalue weighted by atomic mass is 32.1. The van der Waals surface area contributed by atoms with Gasteiger partial charge < -0.3 is 10.6 Å². The molecule has 1 amide bonds. The summed E-state index contributed by atoms with van der Waals surface area (Å²) in [6.07, 6.45) is 2.13. The van der Waals surface area contributed by atoms with Crippen molar-refractivity contribution in [3.8, 4) is 0 Å². The first-order valence-electron chi connectivity index (χ1n) is 4.87. The van der Waals surface area contributed by atoms with Gasteiger partial charge in [0, 0.05) is 19.1 Å². The summed E-state index contributed by atoms with van der Waals surface area (Å²) >= 11 is 1.50. The first-order valence-corrected chi connectivity index (χ1v) is 5.75. The van der Waals surface area contributed by atoms with Crippen LogP contribution in [-0.2, 0) is 0 Å². The molecule has 3 nitrogen and oxygen atoms in total. The van der Waals surface area contributed by atoms with Gasteiger partial charge in [-0.05, 0) is 24.3 Å². The fourth-order valence-corrected chi connectivity index (χ4v) is 2.57. The number of carbonyl (C=O) groups is 1. The molecule has 0 aromatic carbocycles. The van der Waals surface area contributed by atoms with Gasteiger partial charge in [-0.25, -0.2) is 0 Å².